The summed E-state index contributed by atoms with van der Waals surface area (Å²) < 4.78 is 11.0. The Morgan fingerprint density at radius 3 is 2.95 bits per heavy atom. The largest absolute Gasteiger partial charge is 0.481 e. The maximum Gasteiger partial charge on any atom is 0.211 e. The minimum absolute atomic E-state index is 0.0318. The van der Waals surface area contributed by atoms with Crippen LogP contribution in [-0.4, -0.2) is 11.6 Å². The monoisotopic (exact) mass is 270 g/mol. The molecule has 0 fully saturated rings. The van der Waals surface area contributed by atoms with Gasteiger partial charge in [-0.05, 0) is 19.9 Å². The molecule has 1 atom stereocenters. The van der Waals surface area contributed by atoms with E-state index < -0.39 is 0 Å². The molecule has 0 saturated carbocycles. The molecule has 4 heteroatoms. The number of benzene rings is 1. The van der Waals surface area contributed by atoms with Crippen LogP contribution in [0.2, 0.25) is 0 Å². The Morgan fingerprint density at radius 1 is 1.45 bits per heavy atom. The van der Waals surface area contributed by atoms with Gasteiger partial charge in [-0.2, -0.15) is 0 Å². The van der Waals surface area contributed by atoms with Crippen LogP contribution in [0.5, 0.6) is 5.75 Å². The number of oxazole rings is 1. The summed E-state index contributed by atoms with van der Waals surface area (Å²) in [6.45, 7) is 4.82. The van der Waals surface area contributed by atoms with Gasteiger partial charge in [-0.1, -0.05) is 24.1 Å². The van der Waals surface area contributed by atoms with Gasteiger partial charge in [0, 0.05) is 12.1 Å². The normalized spacial score (nSPS) is 11.8. The van der Waals surface area contributed by atoms with E-state index in [0.29, 0.717) is 12.4 Å². The van der Waals surface area contributed by atoms with E-state index in [1.165, 1.54) is 0 Å². The summed E-state index contributed by atoms with van der Waals surface area (Å²) in [5, 5.41) is 3.36. The van der Waals surface area contributed by atoms with E-state index in [2.05, 4.69) is 16.2 Å². The number of nitrogens with zero attached hydrogens (tertiary/aromatic N) is 1. The lowest BCUT2D eigenvalue weighted by Crippen LogP contribution is -2.18. The van der Waals surface area contributed by atoms with E-state index in [1.807, 2.05) is 38.1 Å². The van der Waals surface area contributed by atoms with Gasteiger partial charge in [-0.3, -0.25) is 0 Å². The molecule has 104 valence electrons. The molecule has 0 saturated heterocycles. The molecule has 0 radical (unpaired) electrons. The number of ether oxygens (including phenoxy) is 1. The van der Waals surface area contributed by atoms with E-state index in [1.54, 1.807) is 6.20 Å². The Kier molecular flexibility index (Phi) is 4.80. The predicted octanol–water partition coefficient (Wildman–Crippen LogP) is 2.85. The van der Waals surface area contributed by atoms with Gasteiger partial charge in [0.1, 0.15) is 18.1 Å². The van der Waals surface area contributed by atoms with Crippen LogP contribution in [0.3, 0.4) is 0 Å². The minimum atomic E-state index is 0.0318. The molecule has 1 N–H and O–H groups in total. The number of rotatable bonds is 6. The van der Waals surface area contributed by atoms with E-state index in [9.17, 15) is 0 Å². The van der Waals surface area contributed by atoms with Crippen LogP contribution < -0.4 is 10.1 Å². The van der Waals surface area contributed by atoms with Crippen LogP contribution >= 0.6 is 0 Å². The van der Waals surface area contributed by atoms with Gasteiger partial charge in [-0.15, -0.1) is 6.42 Å². The first kappa shape index (κ1) is 14.2. The summed E-state index contributed by atoms with van der Waals surface area (Å²) in [7, 11) is 0. The molecule has 20 heavy (non-hydrogen) atoms. The second-order valence-corrected chi connectivity index (χ2v) is 4.51. The van der Waals surface area contributed by atoms with Gasteiger partial charge in [0.2, 0.25) is 5.89 Å². The lowest BCUT2D eigenvalue weighted by Gasteiger charge is -2.13. The molecule has 0 aliphatic rings. The van der Waals surface area contributed by atoms with E-state index in [-0.39, 0.29) is 12.6 Å². The number of aromatic nitrogens is 1. The van der Waals surface area contributed by atoms with Crippen molar-refractivity contribution in [3.8, 4) is 18.1 Å². The minimum Gasteiger partial charge on any atom is -0.481 e. The molecule has 1 aromatic carbocycles. The van der Waals surface area contributed by atoms with E-state index >= 15 is 0 Å². The van der Waals surface area contributed by atoms with Crippen molar-refractivity contribution in [3.05, 3.63) is 47.7 Å². The molecular weight excluding hydrogens is 252 g/mol. The fourth-order valence-corrected chi connectivity index (χ4v) is 1.83. The van der Waals surface area contributed by atoms with Crippen molar-refractivity contribution in [2.75, 3.05) is 6.61 Å². The zero-order valence-corrected chi connectivity index (χ0v) is 11.7. The Labute approximate surface area is 119 Å². The zero-order chi connectivity index (χ0) is 14.4. The third kappa shape index (κ3) is 3.62. The number of aryl methyl sites for hydroxylation is 1. The molecule has 2 rings (SSSR count). The van der Waals surface area contributed by atoms with Gasteiger partial charge >= 0.3 is 0 Å². The number of hydrogen-bond donors (Lipinski definition) is 1. The zero-order valence-electron chi connectivity index (χ0n) is 11.7. The highest BCUT2D eigenvalue weighted by Crippen LogP contribution is 2.19. The summed E-state index contributed by atoms with van der Waals surface area (Å²) in [6.07, 6.45) is 6.94. The smallest absolute Gasteiger partial charge is 0.211 e. The second kappa shape index (κ2) is 6.78. The van der Waals surface area contributed by atoms with Crippen molar-refractivity contribution in [2.24, 2.45) is 0 Å². The standard InChI is InChI=1S/C16H18N2O2/c1-4-9-19-15-8-6-5-7-14(15)11-17-13(3)16-18-10-12(2)20-16/h1,5-8,10,13,17H,9,11H2,2-3H3. The van der Waals surface area contributed by atoms with Crippen LogP contribution in [0.1, 0.15) is 30.2 Å². The van der Waals surface area contributed by atoms with Gasteiger partial charge in [0.25, 0.3) is 0 Å². The van der Waals surface area contributed by atoms with Crippen molar-refractivity contribution in [1.29, 1.82) is 0 Å². The van der Waals surface area contributed by atoms with Crippen molar-refractivity contribution in [1.82, 2.24) is 10.3 Å². The number of para-hydroxylation sites is 1. The highest BCUT2D eigenvalue weighted by Gasteiger charge is 2.11. The highest BCUT2D eigenvalue weighted by atomic mass is 16.5. The molecule has 1 aromatic heterocycles. The fraction of sp³-hybridized carbons (Fsp3) is 0.312. The van der Waals surface area contributed by atoms with Crippen molar-refractivity contribution >= 4 is 0 Å². The van der Waals surface area contributed by atoms with E-state index in [0.717, 1.165) is 17.1 Å². The maximum atomic E-state index is 5.51. The first-order valence-electron chi connectivity index (χ1n) is 6.50. The second-order valence-electron chi connectivity index (χ2n) is 4.51. The van der Waals surface area contributed by atoms with Crippen molar-refractivity contribution in [3.63, 3.8) is 0 Å². The molecule has 4 nitrogen and oxygen atoms in total. The summed E-state index contributed by atoms with van der Waals surface area (Å²) in [5.74, 6) is 4.77. The van der Waals surface area contributed by atoms with Crippen LogP contribution in [0.4, 0.5) is 0 Å². The Morgan fingerprint density at radius 2 is 2.25 bits per heavy atom. The molecule has 0 aliphatic carbocycles. The van der Waals surface area contributed by atoms with Gasteiger partial charge < -0.3 is 14.5 Å². The third-order valence-electron chi connectivity index (χ3n) is 2.89. The molecule has 1 heterocycles. The van der Waals surface area contributed by atoms with E-state index in [4.69, 9.17) is 15.6 Å². The van der Waals surface area contributed by atoms with Gasteiger partial charge in [0.15, 0.2) is 0 Å². The number of hydrogen-bond acceptors (Lipinski definition) is 4. The van der Waals surface area contributed by atoms with Crippen LogP contribution in [0.25, 0.3) is 0 Å². The molecule has 0 spiro atoms. The lowest BCUT2D eigenvalue weighted by molar-refractivity contribution is 0.360. The van der Waals surface area contributed by atoms with Crippen LogP contribution in [-0.2, 0) is 6.54 Å². The molecular formula is C16H18N2O2. The quantitative estimate of drug-likeness (QED) is 0.820. The summed E-state index contributed by atoms with van der Waals surface area (Å²) in [4.78, 5) is 4.21. The number of nitrogens with one attached hydrogen (secondary N) is 1. The summed E-state index contributed by atoms with van der Waals surface area (Å²) in [5.41, 5.74) is 1.05. The first-order chi connectivity index (χ1) is 9.70. The average Bonchev–Trinajstić information content (AvgIpc) is 2.90. The fourth-order valence-electron chi connectivity index (χ4n) is 1.83. The molecule has 0 bridgehead atoms. The van der Waals surface area contributed by atoms with Gasteiger partial charge in [0.05, 0.1) is 12.2 Å². The Balaban J connectivity index is 1.98. The number of terminal acetylenes is 1. The highest BCUT2D eigenvalue weighted by molar-refractivity contribution is 5.33. The maximum absolute atomic E-state index is 5.51. The average molecular weight is 270 g/mol. The van der Waals surface area contributed by atoms with Crippen LogP contribution in [0, 0.1) is 19.3 Å². The summed E-state index contributed by atoms with van der Waals surface area (Å²) in [6, 6.07) is 7.85. The predicted molar refractivity (Wildman–Crippen MR) is 77.3 cm³/mol. The van der Waals surface area contributed by atoms with Crippen molar-refractivity contribution < 1.29 is 9.15 Å². The van der Waals surface area contributed by atoms with Gasteiger partial charge in [-0.25, -0.2) is 4.98 Å². The van der Waals surface area contributed by atoms with Crippen molar-refractivity contribution in [2.45, 2.75) is 26.4 Å². The Hall–Kier alpha value is -2.25. The Bertz CT molecular complexity index is 599. The molecule has 1 unspecified atom stereocenters. The topological polar surface area (TPSA) is 47.3 Å². The van der Waals surface area contributed by atoms with Crippen LogP contribution in [0.15, 0.2) is 34.9 Å². The lowest BCUT2D eigenvalue weighted by atomic mass is 10.2. The molecule has 0 aliphatic heterocycles. The molecule has 2 aromatic rings. The molecule has 0 amide bonds. The third-order valence-corrected chi connectivity index (χ3v) is 2.89. The SMILES string of the molecule is C#CCOc1ccccc1CNC(C)c1ncc(C)o1. The first-order valence-corrected chi connectivity index (χ1v) is 6.50. The summed E-state index contributed by atoms with van der Waals surface area (Å²) >= 11 is 0.